The molecule has 1 N–H and O–H groups in total. The van der Waals surface area contributed by atoms with Gasteiger partial charge in [-0.25, -0.2) is 0 Å². The Bertz CT molecular complexity index is 517. The van der Waals surface area contributed by atoms with Crippen LogP contribution in [0.25, 0.3) is 10.8 Å². The molecule has 90 valence electrons. The zero-order chi connectivity index (χ0) is 12.5. The normalized spacial score (nSPS) is 13.9. The maximum Gasteiger partial charge on any atom is 0.107 e. The zero-order valence-electron chi connectivity index (χ0n) is 10.5. The van der Waals surface area contributed by atoms with Crippen LogP contribution in [-0.2, 0) is 4.74 Å². The molecule has 1 unspecified atom stereocenters. The number of methoxy groups -OCH3 is 1. The van der Waals surface area contributed by atoms with E-state index in [4.69, 9.17) is 4.74 Å². The molecule has 0 heterocycles. The maximum atomic E-state index is 10.3. The molecular formula is C15H18O2. The number of fused-ring (bicyclic) bond motifs is 1. The quantitative estimate of drug-likeness (QED) is 0.876. The number of ether oxygens (including phenoxy) is 1. The Morgan fingerprint density at radius 3 is 2.35 bits per heavy atom. The predicted molar refractivity (Wildman–Crippen MR) is 70.0 cm³/mol. The largest absolute Gasteiger partial charge is 0.385 e. The summed E-state index contributed by atoms with van der Waals surface area (Å²) in [7, 11) is 1.62. The summed E-state index contributed by atoms with van der Waals surface area (Å²) in [6.07, 6.45) is -0.628. The van der Waals surface area contributed by atoms with Gasteiger partial charge in [-0.05, 0) is 36.2 Å². The van der Waals surface area contributed by atoms with E-state index in [2.05, 4.69) is 6.07 Å². The summed E-state index contributed by atoms with van der Waals surface area (Å²) in [4.78, 5) is 0. The lowest BCUT2D eigenvalue weighted by Crippen LogP contribution is -2.31. The van der Waals surface area contributed by atoms with Gasteiger partial charge >= 0.3 is 0 Å². The van der Waals surface area contributed by atoms with Gasteiger partial charge in [0, 0.05) is 7.11 Å². The van der Waals surface area contributed by atoms with E-state index in [0.29, 0.717) is 0 Å². The number of rotatable bonds is 3. The van der Waals surface area contributed by atoms with Crippen LogP contribution in [0.2, 0.25) is 0 Å². The molecule has 0 saturated carbocycles. The van der Waals surface area contributed by atoms with Crippen LogP contribution < -0.4 is 0 Å². The first kappa shape index (κ1) is 12.1. The second kappa shape index (κ2) is 4.47. The first-order valence-corrected chi connectivity index (χ1v) is 5.76. The number of aliphatic hydroxyl groups is 1. The fourth-order valence-electron chi connectivity index (χ4n) is 1.89. The van der Waals surface area contributed by atoms with E-state index in [0.717, 1.165) is 10.9 Å². The van der Waals surface area contributed by atoms with E-state index in [1.807, 2.05) is 50.2 Å². The zero-order valence-corrected chi connectivity index (χ0v) is 10.5. The second-order valence-corrected chi connectivity index (χ2v) is 4.82. The number of hydrogen-bond donors (Lipinski definition) is 1. The minimum absolute atomic E-state index is 0.581. The molecule has 0 aliphatic carbocycles. The van der Waals surface area contributed by atoms with Crippen molar-refractivity contribution >= 4 is 10.8 Å². The Kier molecular flexibility index (Phi) is 3.18. The molecular weight excluding hydrogens is 212 g/mol. The molecule has 0 saturated heterocycles. The molecule has 0 aliphatic heterocycles. The van der Waals surface area contributed by atoms with Crippen LogP contribution in [0.4, 0.5) is 0 Å². The topological polar surface area (TPSA) is 29.5 Å². The first-order chi connectivity index (χ1) is 8.04. The minimum Gasteiger partial charge on any atom is -0.385 e. The molecule has 2 aromatic rings. The Balaban J connectivity index is 2.43. The molecule has 2 nitrogen and oxygen atoms in total. The Morgan fingerprint density at radius 1 is 1.06 bits per heavy atom. The van der Waals surface area contributed by atoms with Crippen molar-refractivity contribution in [1.82, 2.24) is 0 Å². The lowest BCUT2D eigenvalue weighted by Gasteiger charge is -2.29. The summed E-state index contributed by atoms with van der Waals surface area (Å²) < 4.78 is 5.32. The minimum atomic E-state index is -0.628. The van der Waals surface area contributed by atoms with E-state index in [1.165, 1.54) is 5.39 Å². The standard InChI is InChI=1S/C15H18O2/c1-15(2,17-3)14(16)13-9-8-11-6-4-5-7-12(11)10-13/h4-10,14,16H,1-3H3. The van der Waals surface area contributed by atoms with Crippen LogP contribution in [0.5, 0.6) is 0 Å². The first-order valence-electron chi connectivity index (χ1n) is 5.76. The van der Waals surface area contributed by atoms with Crippen LogP contribution in [0.15, 0.2) is 42.5 Å². The molecule has 0 aliphatic rings. The molecule has 0 radical (unpaired) electrons. The van der Waals surface area contributed by atoms with Gasteiger partial charge in [0.25, 0.3) is 0 Å². The summed E-state index contributed by atoms with van der Waals surface area (Å²) in [6.45, 7) is 3.76. The molecule has 2 aromatic carbocycles. The lowest BCUT2D eigenvalue weighted by atomic mass is 9.93. The summed E-state index contributed by atoms with van der Waals surface area (Å²) in [5, 5.41) is 12.6. The summed E-state index contributed by atoms with van der Waals surface area (Å²) in [5.41, 5.74) is 0.304. The van der Waals surface area contributed by atoms with Crippen LogP contribution in [0, 0.1) is 0 Å². The summed E-state index contributed by atoms with van der Waals surface area (Å²) >= 11 is 0. The van der Waals surface area contributed by atoms with Gasteiger partial charge in [0.2, 0.25) is 0 Å². The highest BCUT2D eigenvalue weighted by atomic mass is 16.5. The molecule has 2 heteroatoms. The van der Waals surface area contributed by atoms with Crippen molar-refractivity contribution in [1.29, 1.82) is 0 Å². The molecule has 0 aromatic heterocycles. The fraction of sp³-hybridized carbons (Fsp3) is 0.333. The number of benzene rings is 2. The maximum absolute atomic E-state index is 10.3. The monoisotopic (exact) mass is 230 g/mol. The third-order valence-corrected chi connectivity index (χ3v) is 3.27. The number of hydrogen-bond acceptors (Lipinski definition) is 2. The van der Waals surface area contributed by atoms with Gasteiger partial charge in [-0.2, -0.15) is 0 Å². The van der Waals surface area contributed by atoms with E-state index >= 15 is 0 Å². The second-order valence-electron chi connectivity index (χ2n) is 4.82. The summed E-state index contributed by atoms with van der Waals surface area (Å²) in [6, 6.07) is 14.1. The van der Waals surface area contributed by atoms with Crippen LogP contribution in [0.3, 0.4) is 0 Å². The van der Waals surface area contributed by atoms with Gasteiger partial charge in [-0.15, -0.1) is 0 Å². The summed E-state index contributed by atoms with van der Waals surface area (Å²) in [5.74, 6) is 0. The Hall–Kier alpha value is -1.38. The van der Waals surface area contributed by atoms with E-state index in [9.17, 15) is 5.11 Å². The third kappa shape index (κ3) is 2.33. The van der Waals surface area contributed by atoms with Crippen molar-refractivity contribution in [2.24, 2.45) is 0 Å². The molecule has 0 amide bonds. The van der Waals surface area contributed by atoms with Crippen molar-refractivity contribution in [3.63, 3.8) is 0 Å². The van der Waals surface area contributed by atoms with Gasteiger partial charge in [0.15, 0.2) is 0 Å². The SMILES string of the molecule is COC(C)(C)C(O)c1ccc2ccccc2c1. The van der Waals surface area contributed by atoms with Crippen molar-refractivity contribution in [3.05, 3.63) is 48.0 Å². The van der Waals surface area contributed by atoms with Crippen molar-refractivity contribution < 1.29 is 9.84 Å². The molecule has 0 spiro atoms. The molecule has 1 atom stereocenters. The predicted octanol–water partition coefficient (Wildman–Crippen LogP) is 3.30. The van der Waals surface area contributed by atoms with Crippen molar-refractivity contribution in [3.8, 4) is 0 Å². The average molecular weight is 230 g/mol. The van der Waals surface area contributed by atoms with Crippen LogP contribution >= 0.6 is 0 Å². The van der Waals surface area contributed by atoms with Crippen molar-refractivity contribution in [2.45, 2.75) is 25.6 Å². The van der Waals surface area contributed by atoms with E-state index in [-0.39, 0.29) is 0 Å². The van der Waals surface area contributed by atoms with Gasteiger partial charge in [-0.1, -0.05) is 36.4 Å². The van der Waals surface area contributed by atoms with Gasteiger partial charge in [0.05, 0.1) is 5.60 Å². The van der Waals surface area contributed by atoms with Gasteiger partial charge in [0.1, 0.15) is 6.10 Å². The third-order valence-electron chi connectivity index (χ3n) is 3.27. The van der Waals surface area contributed by atoms with E-state index in [1.54, 1.807) is 7.11 Å². The average Bonchev–Trinajstić information content (AvgIpc) is 2.37. The van der Waals surface area contributed by atoms with Crippen molar-refractivity contribution in [2.75, 3.05) is 7.11 Å². The Morgan fingerprint density at radius 2 is 1.71 bits per heavy atom. The molecule has 2 rings (SSSR count). The highest BCUT2D eigenvalue weighted by Crippen LogP contribution is 2.30. The fourth-order valence-corrected chi connectivity index (χ4v) is 1.89. The lowest BCUT2D eigenvalue weighted by molar-refractivity contribution is -0.0792. The highest BCUT2D eigenvalue weighted by Gasteiger charge is 2.28. The van der Waals surface area contributed by atoms with Gasteiger partial charge < -0.3 is 9.84 Å². The van der Waals surface area contributed by atoms with Crippen LogP contribution in [0.1, 0.15) is 25.5 Å². The molecule has 0 fully saturated rings. The van der Waals surface area contributed by atoms with Gasteiger partial charge in [-0.3, -0.25) is 0 Å². The molecule has 17 heavy (non-hydrogen) atoms. The Labute approximate surface area is 102 Å². The van der Waals surface area contributed by atoms with E-state index < -0.39 is 11.7 Å². The highest BCUT2D eigenvalue weighted by molar-refractivity contribution is 5.83. The smallest absolute Gasteiger partial charge is 0.107 e. The molecule has 0 bridgehead atoms. The van der Waals surface area contributed by atoms with Crippen LogP contribution in [-0.4, -0.2) is 17.8 Å². The number of aliphatic hydroxyl groups excluding tert-OH is 1.